The van der Waals surface area contributed by atoms with Gasteiger partial charge in [-0.15, -0.1) is 0 Å². The molecule has 0 amide bonds. The summed E-state index contributed by atoms with van der Waals surface area (Å²) in [4.78, 5) is 10.7. The lowest BCUT2D eigenvalue weighted by Gasteiger charge is -2.34. The quantitative estimate of drug-likeness (QED) is 0.631. The number of halogens is 1. The average molecular weight is 417 g/mol. The van der Waals surface area contributed by atoms with Crippen molar-refractivity contribution in [3.63, 3.8) is 0 Å². The van der Waals surface area contributed by atoms with Crippen LogP contribution in [0.25, 0.3) is 0 Å². The predicted octanol–water partition coefficient (Wildman–Crippen LogP) is 4.98. The van der Waals surface area contributed by atoms with Crippen molar-refractivity contribution in [1.82, 2.24) is 9.97 Å². The summed E-state index contributed by atoms with van der Waals surface area (Å²) in [6, 6.07) is 16.1. The van der Waals surface area contributed by atoms with Crippen molar-refractivity contribution in [2.45, 2.75) is 32.7 Å². The molecule has 2 aromatic carbocycles. The topological polar surface area (TPSA) is 74.1 Å². The highest BCUT2D eigenvalue weighted by molar-refractivity contribution is 5.49. The Morgan fingerprint density at radius 1 is 1.13 bits per heavy atom. The Bertz CT molecular complexity index is 1080. The van der Waals surface area contributed by atoms with E-state index in [4.69, 9.17) is 10.00 Å². The van der Waals surface area contributed by atoms with Crippen LogP contribution in [0.3, 0.4) is 0 Å². The van der Waals surface area contributed by atoms with Crippen molar-refractivity contribution in [1.29, 1.82) is 5.26 Å². The molecule has 1 aromatic heterocycles. The van der Waals surface area contributed by atoms with E-state index in [0.717, 1.165) is 43.3 Å². The number of aryl methyl sites for hydroxylation is 2. The molecule has 0 bridgehead atoms. The van der Waals surface area contributed by atoms with Crippen molar-refractivity contribution >= 4 is 11.6 Å². The van der Waals surface area contributed by atoms with Gasteiger partial charge in [0.25, 0.3) is 5.88 Å². The second kappa shape index (κ2) is 9.00. The third-order valence-corrected chi connectivity index (χ3v) is 5.45. The van der Waals surface area contributed by atoms with Crippen LogP contribution in [0, 0.1) is 31.0 Å². The van der Waals surface area contributed by atoms with E-state index in [1.165, 1.54) is 5.69 Å². The summed E-state index contributed by atoms with van der Waals surface area (Å²) in [6.45, 7) is 5.50. The summed E-state index contributed by atoms with van der Waals surface area (Å²) in [5.74, 6) is 0.0833. The summed E-state index contributed by atoms with van der Waals surface area (Å²) >= 11 is 0. The van der Waals surface area contributed by atoms with Gasteiger partial charge in [0.05, 0.1) is 17.8 Å². The van der Waals surface area contributed by atoms with Crippen molar-refractivity contribution in [2.75, 3.05) is 23.3 Å². The number of nitriles is 1. The molecule has 1 fully saturated rings. The minimum atomic E-state index is -0.632. The molecule has 1 N–H and O–H groups in total. The highest BCUT2D eigenvalue weighted by Crippen LogP contribution is 2.30. The van der Waals surface area contributed by atoms with Crippen LogP contribution in [-0.2, 0) is 0 Å². The fourth-order valence-corrected chi connectivity index (χ4v) is 3.87. The normalized spacial score (nSPS) is 14.2. The molecule has 7 heteroatoms. The molecule has 0 aliphatic carbocycles. The van der Waals surface area contributed by atoms with Crippen LogP contribution in [0.5, 0.6) is 11.6 Å². The Morgan fingerprint density at radius 2 is 1.81 bits per heavy atom. The van der Waals surface area contributed by atoms with Gasteiger partial charge in [0.15, 0.2) is 0 Å². The number of benzene rings is 2. The number of piperidine rings is 1. The molecule has 1 aliphatic rings. The third kappa shape index (κ3) is 4.75. The van der Waals surface area contributed by atoms with E-state index in [2.05, 4.69) is 38.4 Å². The van der Waals surface area contributed by atoms with Gasteiger partial charge in [-0.1, -0.05) is 18.2 Å². The second-order valence-corrected chi connectivity index (χ2v) is 7.74. The lowest BCUT2D eigenvalue weighted by Crippen LogP contribution is -2.39. The number of ether oxygens (including phenoxy) is 1. The molecule has 4 rings (SSSR count). The van der Waals surface area contributed by atoms with E-state index in [1.54, 1.807) is 12.1 Å². The monoisotopic (exact) mass is 417 g/mol. The van der Waals surface area contributed by atoms with Crippen molar-refractivity contribution in [3.05, 3.63) is 71.2 Å². The Hall–Kier alpha value is -3.66. The van der Waals surface area contributed by atoms with Gasteiger partial charge >= 0.3 is 0 Å². The third-order valence-electron chi connectivity index (χ3n) is 5.45. The molecule has 0 saturated carbocycles. The van der Waals surface area contributed by atoms with Crippen molar-refractivity contribution in [3.8, 4) is 17.7 Å². The Kier molecular flexibility index (Phi) is 5.99. The number of para-hydroxylation sites is 1. The van der Waals surface area contributed by atoms with Crippen molar-refractivity contribution in [2.24, 2.45) is 0 Å². The smallest absolute Gasteiger partial charge is 0.260 e. The first-order valence-electron chi connectivity index (χ1n) is 10.3. The minimum Gasteiger partial charge on any atom is -0.436 e. The van der Waals surface area contributed by atoms with E-state index < -0.39 is 5.82 Å². The van der Waals surface area contributed by atoms with Crippen LogP contribution >= 0.6 is 0 Å². The van der Waals surface area contributed by atoms with E-state index in [0.29, 0.717) is 17.3 Å². The first kappa shape index (κ1) is 20.6. The number of nitrogens with one attached hydrogen (secondary N) is 1. The lowest BCUT2D eigenvalue weighted by atomic mass is 10.0. The number of anilines is 2. The van der Waals surface area contributed by atoms with Crippen LogP contribution in [0.1, 0.15) is 29.5 Å². The molecule has 158 valence electrons. The van der Waals surface area contributed by atoms with E-state index in [1.807, 2.05) is 32.0 Å². The van der Waals surface area contributed by atoms with Gasteiger partial charge in [-0.05, 0) is 62.1 Å². The molecule has 0 radical (unpaired) electrons. The highest BCUT2D eigenvalue weighted by atomic mass is 19.1. The van der Waals surface area contributed by atoms with E-state index in [9.17, 15) is 4.39 Å². The number of aromatic nitrogens is 2. The molecule has 6 nitrogen and oxygen atoms in total. The number of rotatable bonds is 5. The number of hydrogen-bond donors (Lipinski definition) is 1. The Labute approximate surface area is 181 Å². The van der Waals surface area contributed by atoms with Gasteiger partial charge in [-0.25, -0.2) is 4.98 Å². The van der Waals surface area contributed by atoms with Crippen LogP contribution in [0.4, 0.5) is 16.0 Å². The second-order valence-electron chi connectivity index (χ2n) is 7.74. The first-order chi connectivity index (χ1) is 15.0. The highest BCUT2D eigenvalue weighted by Gasteiger charge is 2.21. The maximum atomic E-state index is 14.3. The molecule has 31 heavy (non-hydrogen) atoms. The fourth-order valence-electron chi connectivity index (χ4n) is 3.87. The standard InChI is InChI=1S/C24H24FN5O/c1-16-12-18(14-26)13-17(2)22(16)31-23-21(25)15-27-24(29-23)28-19-8-10-30(11-9-19)20-6-4-3-5-7-20/h3-7,12-13,15,19H,8-11H2,1-2H3,(H,27,28,29). The van der Waals surface area contributed by atoms with Crippen LogP contribution in [0.15, 0.2) is 48.7 Å². The molecular weight excluding hydrogens is 393 g/mol. The van der Waals surface area contributed by atoms with Gasteiger partial charge < -0.3 is 15.0 Å². The Balaban J connectivity index is 1.44. The van der Waals surface area contributed by atoms with Crippen molar-refractivity contribution < 1.29 is 9.13 Å². The molecule has 2 heterocycles. The molecule has 0 spiro atoms. The van der Waals surface area contributed by atoms with E-state index >= 15 is 0 Å². The summed E-state index contributed by atoms with van der Waals surface area (Å²) in [5, 5.41) is 12.4. The molecular formula is C24H24FN5O. The predicted molar refractivity (Wildman–Crippen MR) is 118 cm³/mol. The molecule has 3 aromatic rings. The first-order valence-corrected chi connectivity index (χ1v) is 10.3. The molecule has 0 atom stereocenters. The van der Waals surface area contributed by atoms with Crippen LogP contribution < -0.4 is 15.0 Å². The molecule has 1 saturated heterocycles. The summed E-state index contributed by atoms with van der Waals surface area (Å²) in [5.41, 5.74) is 3.26. The average Bonchev–Trinajstić information content (AvgIpc) is 2.79. The summed E-state index contributed by atoms with van der Waals surface area (Å²) < 4.78 is 20.1. The SMILES string of the molecule is Cc1cc(C#N)cc(C)c1Oc1nc(NC2CCN(c3ccccc3)CC2)ncc1F. The van der Waals surface area contributed by atoms with Gasteiger partial charge in [0, 0.05) is 24.8 Å². The zero-order valence-electron chi connectivity index (χ0n) is 17.6. The van der Waals surface area contributed by atoms with Gasteiger partial charge in [0.2, 0.25) is 11.8 Å². The number of nitrogens with zero attached hydrogens (tertiary/aromatic N) is 4. The molecule has 0 unspecified atom stereocenters. The fraction of sp³-hybridized carbons (Fsp3) is 0.292. The largest absolute Gasteiger partial charge is 0.436 e. The zero-order chi connectivity index (χ0) is 21.8. The number of hydrogen-bond acceptors (Lipinski definition) is 6. The maximum absolute atomic E-state index is 14.3. The molecule has 1 aliphatic heterocycles. The van der Waals surface area contributed by atoms with Crippen LogP contribution in [0.2, 0.25) is 0 Å². The van der Waals surface area contributed by atoms with E-state index in [-0.39, 0.29) is 11.9 Å². The summed E-state index contributed by atoms with van der Waals surface area (Å²) in [7, 11) is 0. The summed E-state index contributed by atoms with van der Waals surface area (Å²) in [6.07, 6.45) is 2.98. The van der Waals surface area contributed by atoms with Gasteiger partial charge in [-0.2, -0.15) is 14.6 Å². The van der Waals surface area contributed by atoms with Gasteiger partial charge in [0.1, 0.15) is 5.75 Å². The zero-order valence-corrected chi connectivity index (χ0v) is 17.6. The minimum absolute atomic E-state index is 0.130. The Morgan fingerprint density at radius 3 is 2.45 bits per heavy atom. The maximum Gasteiger partial charge on any atom is 0.260 e. The van der Waals surface area contributed by atoms with Gasteiger partial charge in [-0.3, -0.25) is 0 Å². The van der Waals surface area contributed by atoms with Crippen LogP contribution in [-0.4, -0.2) is 29.1 Å². The lowest BCUT2D eigenvalue weighted by molar-refractivity contribution is 0.415.